The van der Waals surface area contributed by atoms with Crippen molar-refractivity contribution in [3.05, 3.63) is 0 Å². The summed E-state index contributed by atoms with van der Waals surface area (Å²) in [6, 6.07) is 0. The molecule has 0 aliphatic carbocycles. The maximum absolute atomic E-state index is 8.51. The molecule has 0 aromatic carbocycles. The molecule has 0 saturated carbocycles. The molecule has 6 heavy (non-hydrogen) atoms. The number of halogens is 2. The first kappa shape index (κ1) is 10.1. The molecule has 0 aliphatic rings. The highest BCUT2D eigenvalue weighted by Crippen LogP contribution is 2.08. The summed E-state index contributed by atoms with van der Waals surface area (Å²) in [4.78, 5) is 7.04. The summed E-state index contributed by atoms with van der Waals surface area (Å²) in [7, 11) is 8.89. The van der Waals surface area contributed by atoms with Gasteiger partial charge < -0.3 is 0 Å². The Kier molecular flexibility index (Phi) is 28.0. The second-order valence-electron chi connectivity index (χ2n) is 0.150. The molecule has 0 saturated heterocycles. The largest absolute Gasteiger partial charge is 0.491 e. The third kappa shape index (κ3) is 81.1. The van der Waals surface area contributed by atoms with Gasteiger partial charge in [0.2, 0.25) is 0 Å². The third-order valence-corrected chi connectivity index (χ3v) is 0. The van der Waals surface area contributed by atoms with Gasteiger partial charge in [-0.15, -0.1) is 0 Å². The number of rotatable bonds is 0. The predicted molar refractivity (Wildman–Crippen MR) is 30.5 cm³/mol. The molecule has 6 heteroatoms. The van der Waals surface area contributed by atoms with Crippen molar-refractivity contribution in [3.8, 4) is 0 Å². The van der Waals surface area contributed by atoms with Crippen LogP contribution < -0.4 is 0 Å². The van der Waals surface area contributed by atoms with E-state index in [0.717, 1.165) is 0 Å². The first-order chi connectivity index (χ1) is 2.83. The standard InChI is InChI=1S/Cl2S.HO2P/c2*1-3-2/h;3H/p+1. The van der Waals surface area contributed by atoms with E-state index in [9.17, 15) is 0 Å². The second kappa shape index (κ2) is 16.7. The van der Waals surface area contributed by atoms with Gasteiger partial charge in [0.25, 0.3) is 0 Å². The van der Waals surface area contributed by atoms with Crippen LogP contribution in [0, 0.1) is 0 Å². The summed E-state index contributed by atoms with van der Waals surface area (Å²) >= 11 is 0. The lowest BCUT2D eigenvalue weighted by Gasteiger charge is -1.40. The van der Waals surface area contributed by atoms with Crippen molar-refractivity contribution in [1.82, 2.24) is 0 Å². The van der Waals surface area contributed by atoms with Gasteiger partial charge in [-0.2, -0.15) is 4.89 Å². The van der Waals surface area contributed by atoms with E-state index in [1.54, 1.807) is 0 Å². The molecule has 1 atom stereocenters. The molecule has 0 fully saturated rings. The second-order valence-corrected chi connectivity index (χ2v) is 1.85. The molecule has 0 bridgehead atoms. The molecule has 2 nitrogen and oxygen atoms in total. The molecule has 1 unspecified atom stereocenters. The van der Waals surface area contributed by atoms with E-state index >= 15 is 0 Å². The van der Waals surface area contributed by atoms with E-state index in [2.05, 4.69) is 21.4 Å². The molecule has 0 radical (unpaired) electrons. The minimum atomic E-state index is -1.17. The summed E-state index contributed by atoms with van der Waals surface area (Å²) in [5, 5.41) is 0. The van der Waals surface area contributed by atoms with Gasteiger partial charge in [0, 0.05) is 0 Å². The fourth-order valence-corrected chi connectivity index (χ4v) is 0. The zero-order valence-corrected chi connectivity index (χ0v) is 5.85. The quantitative estimate of drug-likeness (QED) is 0.561. The Morgan fingerprint density at radius 2 is 1.67 bits per heavy atom. The third-order valence-electron chi connectivity index (χ3n) is 0. The summed E-state index contributed by atoms with van der Waals surface area (Å²) in [6.07, 6.45) is 0. The molecule has 1 N–H and O–H groups in total. The van der Waals surface area contributed by atoms with Crippen LogP contribution in [0.3, 0.4) is 0 Å². The van der Waals surface area contributed by atoms with E-state index < -0.39 is 8.69 Å². The van der Waals surface area contributed by atoms with Crippen LogP contribution in [0.2, 0.25) is 0 Å². The zero-order chi connectivity index (χ0) is 5.41. The molecule has 0 aliphatic heterocycles. The smallest absolute Gasteiger partial charge is 0.162 e. The van der Waals surface area contributed by atoms with Gasteiger partial charge in [0.1, 0.15) is 0 Å². The Morgan fingerprint density at radius 3 is 1.67 bits per heavy atom. The van der Waals surface area contributed by atoms with Crippen molar-refractivity contribution < 1.29 is 9.46 Å². The van der Waals surface area contributed by atoms with E-state index in [-0.39, 0.29) is 0 Å². The fourth-order valence-electron chi connectivity index (χ4n) is 0. The maximum Gasteiger partial charge on any atom is 0.491 e. The minimum Gasteiger partial charge on any atom is -0.162 e. The Balaban J connectivity index is 0. The van der Waals surface area contributed by atoms with Gasteiger partial charge in [-0.3, -0.25) is 0 Å². The summed E-state index contributed by atoms with van der Waals surface area (Å²) in [5.41, 5.74) is 0. The molecular formula is H2Cl2O2PS+. The van der Waals surface area contributed by atoms with Crippen molar-refractivity contribution >= 4 is 40.2 Å². The minimum absolute atomic E-state index is 0.694. The number of hydrogen-bond donors (Lipinski definition) is 1. The maximum atomic E-state index is 8.51. The molecule has 0 spiro atoms. The lowest BCUT2D eigenvalue weighted by Crippen LogP contribution is -1.03. The van der Waals surface area contributed by atoms with Crippen molar-refractivity contribution in [2.24, 2.45) is 0 Å². The Hall–Kier alpha value is 0.990. The Morgan fingerprint density at radius 1 is 1.67 bits per heavy atom. The first-order valence-electron chi connectivity index (χ1n) is 0.736. The lowest BCUT2D eigenvalue weighted by atomic mass is 15.9. The molecule has 0 heterocycles. The summed E-state index contributed by atoms with van der Waals surface area (Å²) in [6.45, 7) is 0. The topological polar surface area (TPSA) is 37.3 Å². The van der Waals surface area contributed by atoms with Crippen LogP contribution in [0.1, 0.15) is 0 Å². The van der Waals surface area contributed by atoms with E-state index in [1.807, 2.05) is 0 Å². The molecule has 0 rings (SSSR count). The first-order valence-corrected chi connectivity index (χ1v) is 4.06. The normalized spacial score (nSPS) is 6.50. The summed E-state index contributed by atoms with van der Waals surface area (Å²) < 4.78 is 8.51. The monoisotopic (exact) mass is 167 g/mol. The van der Waals surface area contributed by atoms with Crippen molar-refractivity contribution in [1.29, 1.82) is 0 Å². The highest BCUT2D eigenvalue weighted by molar-refractivity contribution is 8.38. The lowest BCUT2D eigenvalue weighted by molar-refractivity contribution is 0.524. The van der Waals surface area contributed by atoms with E-state index in [0.29, 0.717) is 10.2 Å². The molecule has 0 aromatic rings. The van der Waals surface area contributed by atoms with Gasteiger partial charge in [0.15, 0.2) is 0 Å². The Bertz CT molecular complexity index is 25.5. The fraction of sp³-hybridized carbons (Fsp3) is 0. The molecule has 0 amide bonds. The highest BCUT2D eigenvalue weighted by atomic mass is 36.0. The molecule has 0 aromatic heterocycles. The van der Waals surface area contributed by atoms with Crippen LogP contribution in [0.4, 0.5) is 0 Å². The molecule has 38 valence electrons. The van der Waals surface area contributed by atoms with Gasteiger partial charge in [-0.05, 0) is 25.9 Å². The van der Waals surface area contributed by atoms with Crippen molar-refractivity contribution in [2.45, 2.75) is 0 Å². The van der Waals surface area contributed by atoms with Crippen LogP contribution in [0.5, 0.6) is 0 Å². The van der Waals surface area contributed by atoms with Crippen LogP contribution in [0.25, 0.3) is 0 Å². The van der Waals surface area contributed by atoms with Crippen molar-refractivity contribution in [2.75, 3.05) is 0 Å². The Labute approximate surface area is 50.1 Å². The van der Waals surface area contributed by atoms with E-state index in [4.69, 9.17) is 9.46 Å². The van der Waals surface area contributed by atoms with Crippen LogP contribution in [0.15, 0.2) is 0 Å². The molecular weight excluding hydrogens is 166 g/mol. The van der Waals surface area contributed by atoms with Crippen LogP contribution in [-0.2, 0) is 4.57 Å². The van der Waals surface area contributed by atoms with Crippen LogP contribution in [-0.4, -0.2) is 4.89 Å². The predicted octanol–water partition coefficient (Wildman–Crippen LogP) is 1.94. The van der Waals surface area contributed by atoms with Gasteiger partial charge >= 0.3 is 8.69 Å². The SMILES string of the molecule is ClSCl.O=[PH+]O. The van der Waals surface area contributed by atoms with Crippen LogP contribution >= 0.6 is 40.2 Å². The van der Waals surface area contributed by atoms with Gasteiger partial charge in [-0.1, -0.05) is 0 Å². The van der Waals surface area contributed by atoms with Gasteiger partial charge in [-0.25, -0.2) is 0 Å². The zero-order valence-electron chi connectivity index (χ0n) is 2.52. The average Bonchev–Trinajstić information content (AvgIpc) is 1.39. The van der Waals surface area contributed by atoms with Crippen molar-refractivity contribution in [3.63, 3.8) is 0 Å². The number of hydrogen-bond acceptors (Lipinski definition) is 2. The van der Waals surface area contributed by atoms with Gasteiger partial charge in [0.05, 0.1) is 10.2 Å². The van der Waals surface area contributed by atoms with E-state index in [1.165, 1.54) is 0 Å². The summed E-state index contributed by atoms with van der Waals surface area (Å²) in [5.74, 6) is 0. The highest BCUT2D eigenvalue weighted by Gasteiger charge is 1.45. The average molecular weight is 168 g/mol.